The molecule has 1 spiro atoms. The molecule has 1 aromatic carbocycles. The number of benzene rings is 1. The molecule has 0 saturated carbocycles. The summed E-state index contributed by atoms with van der Waals surface area (Å²) in [7, 11) is 0. The fraction of sp³-hybridized carbons (Fsp3) is 0.462. The Kier molecular flexibility index (Phi) is 2.59. The van der Waals surface area contributed by atoms with E-state index in [1.54, 1.807) is 4.90 Å². The summed E-state index contributed by atoms with van der Waals surface area (Å²) in [5.41, 5.74) is 0.421. The van der Waals surface area contributed by atoms with Crippen LogP contribution >= 0.6 is 0 Å². The lowest BCUT2D eigenvalue weighted by Crippen LogP contribution is -2.30. The van der Waals surface area contributed by atoms with Crippen molar-refractivity contribution in [1.29, 1.82) is 0 Å². The quantitative estimate of drug-likeness (QED) is 0.824. The minimum Gasteiger partial charge on any atom is -0.316 e. The Balaban J connectivity index is 1.88. The molecule has 96 valence electrons. The molecular weight excluding hydrogens is 238 g/mol. The van der Waals surface area contributed by atoms with Gasteiger partial charge in [-0.1, -0.05) is 0 Å². The van der Waals surface area contributed by atoms with Gasteiger partial charge in [0.05, 0.1) is 0 Å². The summed E-state index contributed by atoms with van der Waals surface area (Å²) in [6.45, 7) is 2.32. The molecule has 0 aliphatic carbocycles. The third-order valence-electron chi connectivity index (χ3n) is 3.87. The molecule has 3 nitrogen and oxygen atoms in total. The van der Waals surface area contributed by atoms with Gasteiger partial charge in [-0.25, -0.2) is 8.78 Å². The van der Waals surface area contributed by atoms with Crippen LogP contribution in [0, 0.1) is 17.0 Å². The van der Waals surface area contributed by atoms with E-state index in [-0.39, 0.29) is 11.3 Å². The van der Waals surface area contributed by atoms with E-state index in [0.717, 1.165) is 31.6 Å². The lowest BCUT2D eigenvalue weighted by Gasteiger charge is -2.22. The largest absolute Gasteiger partial charge is 0.316 e. The van der Waals surface area contributed by atoms with E-state index in [9.17, 15) is 13.6 Å². The van der Waals surface area contributed by atoms with Crippen molar-refractivity contribution < 1.29 is 13.6 Å². The molecule has 0 radical (unpaired) electrons. The summed E-state index contributed by atoms with van der Waals surface area (Å²) in [4.78, 5) is 13.6. The fourth-order valence-electron chi connectivity index (χ4n) is 2.87. The molecule has 1 amide bonds. The Morgan fingerprint density at radius 1 is 1.28 bits per heavy atom. The Morgan fingerprint density at radius 2 is 2.11 bits per heavy atom. The van der Waals surface area contributed by atoms with Crippen LogP contribution in [0.3, 0.4) is 0 Å². The number of amides is 1. The van der Waals surface area contributed by atoms with Gasteiger partial charge in [-0.15, -0.1) is 0 Å². The Hall–Kier alpha value is -1.49. The maximum Gasteiger partial charge on any atom is 0.227 e. The van der Waals surface area contributed by atoms with E-state index in [4.69, 9.17) is 0 Å². The van der Waals surface area contributed by atoms with E-state index < -0.39 is 11.6 Å². The average Bonchev–Trinajstić information content (AvgIpc) is 2.91. The number of carbonyl (C=O) groups is 1. The van der Waals surface area contributed by atoms with Crippen molar-refractivity contribution in [2.45, 2.75) is 12.8 Å². The number of nitrogens with zero attached hydrogens (tertiary/aromatic N) is 1. The summed E-state index contributed by atoms with van der Waals surface area (Å²) >= 11 is 0. The molecule has 3 rings (SSSR count). The third kappa shape index (κ3) is 1.79. The van der Waals surface area contributed by atoms with Gasteiger partial charge in [0.15, 0.2) is 11.6 Å². The predicted octanol–water partition coefficient (Wildman–Crippen LogP) is 1.68. The van der Waals surface area contributed by atoms with Crippen LogP contribution in [0.25, 0.3) is 0 Å². The van der Waals surface area contributed by atoms with E-state index in [1.807, 2.05) is 0 Å². The van der Waals surface area contributed by atoms with Gasteiger partial charge in [0.1, 0.15) is 0 Å². The summed E-state index contributed by atoms with van der Waals surface area (Å²) in [5, 5.41) is 3.26. The minimum atomic E-state index is -0.911. The van der Waals surface area contributed by atoms with Crippen LogP contribution in [-0.4, -0.2) is 25.5 Å². The van der Waals surface area contributed by atoms with Crippen LogP contribution in [0.5, 0.6) is 0 Å². The zero-order chi connectivity index (χ0) is 12.8. The normalized spacial score (nSPS) is 27.4. The molecule has 2 aliphatic rings. The molecule has 5 heteroatoms. The van der Waals surface area contributed by atoms with Crippen molar-refractivity contribution >= 4 is 11.6 Å². The summed E-state index contributed by atoms with van der Waals surface area (Å²) < 4.78 is 26.1. The Bertz CT molecular complexity index is 498. The second-order valence-corrected chi connectivity index (χ2v) is 5.18. The summed E-state index contributed by atoms with van der Waals surface area (Å²) in [5.74, 6) is -1.81. The number of carbonyl (C=O) groups excluding carboxylic acids is 1. The van der Waals surface area contributed by atoms with E-state index in [2.05, 4.69) is 5.32 Å². The van der Waals surface area contributed by atoms with Crippen molar-refractivity contribution in [3.05, 3.63) is 29.8 Å². The van der Waals surface area contributed by atoms with Gasteiger partial charge in [-0.05, 0) is 25.1 Å². The SMILES string of the molecule is O=C1CC2(CCNC2)CN1c1ccc(F)c(F)c1. The third-order valence-corrected chi connectivity index (χ3v) is 3.87. The molecule has 0 aromatic heterocycles. The molecule has 1 unspecified atom stereocenters. The van der Waals surface area contributed by atoms with E-state index in [0.29, 0.717) is 18.7 Å². The monoisotopic (exact) mass is 252 g/mol. The first-order valence-electron chi connectivity index (χ1n) is 6.06. The van der Waals surface area contributed by atoms with Crippen LogP contribution in [-0.2, 0) is 4.79 Å². The first-order valence-corrected chi connectivity index (χ1v) is 6.06. The summed E-state index contributed by atoms with van der Waals surface area (Å²) in [6, 6.07) is 3.61. The fourth-order valence-corrected chi connectivity index (χ4v) is 2.87. The number of hydrogen-bond donors (Lipinski definition) is 1. The molecule has 2 aliphatic heterocycles. The Morgan fingerprint density at radius 3 is 2.78 bits per heavy atom. The highest BCUT2D eigenvalue weighted by Gasteiger charge is 2.45. The van der Waals surface area contributed by atoms with Crippen LogP contribution in [0.1, 0.15) is 12.8 Å². The van der Waals surface area contributed by atoms with Crippen molar-refractivity contribution in [2.75, 3.05) is 24.5 Å². The maximum absolute atomic E-state index is 13.2. The maximum atomic E-state index is 13.2. The smallest absolute Gasteiger partial charge is 0.227 e. The zero-order valence-corrected chi connectivity index (χ0v) is 9.88. The number of anilines is 1. The second kappa shape index (κ2) is 4.02. The number of hydrogen-bond acceptors (Lipinski definition) is 2. The standard InChI is InChI=1S/C13H14F2N2O/c14-10-2-1-9(5-11(10)15)17-8-13(6-12(17)18)3-4-16-7-13/h1-2,5,16H,3-4,6-8H2. The van der Waals surface area contributed by atoms with Crippen LogP contribution < -0.4 is 10.2 Å². The van der Waals surface area contributed by atoms with Gasteiger partial charge >= 0.3 is 0 Å². The van der Waals surface area contributed by atoms with Crippen molar-refractivity contribution in [3.63, 3.8) is 0 Å². The van der Waals surface area contributed by atoms with Gasteiger partial charge in [0.2, 0.25) is 5.91 Å². The average molecular weight is 252 g/mol. The molecule has 2 fully saturated rings. The topological polar surface area (TPSA) is 32.3 Å². The van der Waals surface area contributed by atoms with Gasteiger partial charge in [0.25, 0.3) is 0 Å². The first-order chi connectivity index (χ1) is 8.60. The number of nitrogens with one attached hydrogen (secondary N) is 1. The molecular formula is C13H14F2N2O. The lowest BCUT2D eigenvalue weighted by atomic mass is 9.86. The Labute approximate surface area is 104 Å². The number of halogens is 2. The van der Waals surface area contributed by atoms with Crippen LogP contribution in [0.15, 0.2) is 18.2 Å². The highest BCUT2D eigenvalue weighted by molar-refractivity contribution is 5.96. The lowest BCUT2D eigenvalue weighted by molar-refractivity contribution is -0.117. The van der Waals surface area contributed by atoms with E-state index >= 15 is 0 Å². The molecule has 1 N–H and O–H groups in total. The zero-order valence-electron chi connectivity index (χ0n) is 9.88. The van der Waals surface area contributed by atoms with Gasteiger partial charge in [0, 0.05) is 36.7 Å². The molecule has 2 saturated heterocycles. The number of rotatable bonds is 1. The van der Waals surface area contributed by atoms with Gasteiger partial charge in [-0.3, -0.25) is 4.79 Å². The van der Waals surface area contributed by atoms with E-state index in [1.165, 1.54) is 6.07 Å². The van der Waals surface area contributed by atoms with Crippen molar-refractivity contribution in [1.82, 2.24) is 5.32 Å². The highest BCUT2D eigenvalue weighted by Crippen LogP contribution is 2.39. The molecule has 2 heterocycles. The van der Waals surface area contributed by atoms with Crippen LogP contribution in [0.2, 0.25) is 0 Å². The second-order valence-electron chi connectivity index (χ2n) is 5.18. The molecule has 1 atom stereocenters. The highest BCUT2D eigenvalue weighted by atomic mass is 19.2. The van der Waals surface area contributed by atoms with Crippen molar-refractivity contribution in [3.8, 4) is 0 Å². The molecule has 1 aromatic rings. The van der Waals surface area contributed by atoms with Gasteiger partial charge < -0.3 is 10.2 Å². The molecule has 0 bridgehead atoms. The first kappa shape index (κ1) is 11.6. The predicted molar refractivity (Wildman–Crippen MR) is 63.2 cm³/mol. The molecule has 18 heavy (non-hydrogen) atoms. The van der Waals surface area contributed by atoms with Crippen molar-refractivity contribution in [2.24, 2.45) is 5.41 Å². The van der Waals surface area contributed by atoms with Crippen LogP contribution in [0.4, 0.5) is 14.5 Å². The summed E-state index contributed by atoms with van der Waals surface area (Å²) in [6.07, 6.45) is 1.44. The minimum absolute atomic E-state index is 0.00953. The van der Waals surface area contributed by atoms with Gasteiger partial charge in [-0.2, -0.15) is 0 Å².